The summed E-state index contributed by atoms with van der Waals surface area (Å²) >= 11 is 14.0. The Labute approximate surface area is 232 Å². The van der Waals surface area contributed by atoms with E-state index in [1.807, 2.05) is 44.2 Å². The van der Waals surface area contributed by atoms with Crippen LogP contribution in [0.5, 0.6) is 0 Å². The lowest BCUT2D eigenvalue weighted by Crippen LogP contribution is -2.51. The van der Waals surface area contributed by atoms with Crippen LogP contribution in [0.15, 0.2) is 72.8 Å². The molecule has 1 N–H and O–H groups in total. The number of amides is 2. The average Bonchev–Trinajstić information content (AvgIpc) is 2.87. The third-order valence-electron chi connectivity index (χ3n) is 5.72. The molecule has 0 heterocycles. The molecule has 0 aliphatic carbocycles. The first-order valence-corrected chi connectivity index (χ1v) is 14.0. The highest BCUT2D eigenvalue weighted by Gasteiger charge is 2.30. The molecule has 3 rings (SSSR count). The van der Waals surface area contributed by atoms with Gasteiger partial charge in [0.1, 0.15) is 11.9 Å². The van der Waals surface area contributed by atoms with Gasteiger partial charge in [-0.05, 0) is 46.9 Å². The predicted octanol–water partition coefficient (Wildman–Crippen LogP) is 6.78. The van der Waals surface area contributed by atoms with E-state index in [9.17, 15) is 14.0 Å². The first-order chi connectivity index (χ1) is 17.7. The second kappa shape index (κ2) is 14.4. The minimum absolute atomic E-state index is 0.158. The molecule has 0 saturated carbocycles. The van der Waals surface area contributed by atoms with E-state index in [1.165, 1.54) is 23.9 Å². The summed E-state index contributed by atoms with van der Waals surface area (Å²) in [5, 5.41) is 3.94. The molecule has 3 aromatic carbocycles. The zero-order valence-corrected chi connectivity index (χ0v) is 23.3. The summed E-state index contributed by atoms with van der Waals surface area (Å²) < 4.78 is 13.2. The molecule has 1 unspecified atom stereocenters. The summed E-state index contributed by atoms with van der Waals surface area (Å²) in [6, 6.07) is 20.3. The smallest absolute Gasteiger partial charge is 0.243 e. The van der Waals surface area contributed by atoms with Crippen molar-refractivity contribution in [3.05, 3.63) is 105 Å². The molecule has 0 aliphatic heterocycles. The van der Waals surface area contributed by atoms with Crippen LogP contribution in [0.3, 0.4) is 0 Å². The summed E-state index contributed by atoms with van der Waals surface area (Å²) in [6.07, 6.45) is 0.365. The second-order valence-electron chi connectivity index (χ2n) is 9.22. The number of carbonyl (C=O) groups excluding carboxylic acids is 2. The van der Waals surface area contributed by atoms with Crippen molar-refractivity contribution in [2.24, 2.45) is 5.92 Å². The number of halogens is 3. The van der Waals surface area contributed by atoms with Gasteiger partial charge in [0.2, 0.25) is 11.8 Å². The highest BCUT2D eigenvalue weighted by molar-refractivity contribution is 7.99. The fraction of sp³-hybridized carbons (Fsp3) is 0.310. The van der Waals surface area contributed by atoms with Crippen LogP contribution in [-0.4, -0.2) is 35.1 Å². The zero-order valence-electron chi connectivity index (χ0n) is 20.9. The number of hydrogen-bond donors (Lipinski definition) is 1. The van der Waals surface area contributed by atoms with Crippen LogP contribution in [0.4, 0.5) is 4.39 Å². The predicted molar refractivity (Wildman–Crippen MR) is 151 cm³/mol. The average molecular weight is 562 g/mol. The normalized spacial score (nSPS) is 11.8. The molecule has 2 amide bonds. The van der Waals surface area contributed by atoms with Gasteiger partial charge in [-0.3, -0.25) is 9.59 Å². The van der Waals surface area contributed by atoms with Gasteiger partial charge < -0.3 is 10.2 Å². The summed E-state index contributed by atoms with van der Waals surface area (Å²) in [7, 11) is 0. The molecule has 3 aromatic rings. The Morgan fingerprint density at radius 1 is 0.973 bits per heavy atom. The fourth-order valence-corrected chi connectivity index (χ4v) is 5.07. The lowest BCUT2D eigenvalue weighted by atomic mass is 10.0. The number of carbonyl (C=O) groups is 2. The number of hydrogen-bond acceptors (Lipinski definition) is 3. The van der Waals surface area contributed by atoms with E-state index in [0.717, 1.165) is 11.1 Å². The zero-order chi connectivity index (χ0) is 26.8. The number of benzene rings is 3. The number of rotatable bonds is 12. The largest absolute Gasteiger partial charge is 0.354 e. The third-order valence-corrected chi connectivity index (χ3v) is 7.29. The van der Waals surface area contributed by atoms with Crippen molar-refractivity contribution in [3.8, 4) is 0 Å². The van der Waals surface area contributed by atoms with Crippen molar-refractivity contribution in [1.82, 2.24) is 10.2 Å². The van der Waals surface area contributed by atoms with Gasteiger partial charge >= 0.3 is 0 Å². The van der Waals surface area contributed by atoms with E-state index in [0.29, 0.717) is 34.3 Å². The monoisotopic (exact) mass is 560 g/mol. The summed E-state index contributed by atoms with van der Waals surface area (Å²) in [6.45, 7) is 4.72. The molecule has 1 atom stereocenters. The fourth-order valence-electron chi connectivity index (χ4n) is 3.73. The third kappa shape index (κ3) is 9.37. The van der Waals surface area contributed by atoms with E-state index in [2.05, 4.69) is 5.32 Å². The van der Waals surface area contributed by atoms with Crippen LogP contribution in [0.1, 0.15) is 30.5 Å². The van der Waals surface area contributed by atoms with Crippen LogP contribution < -0.4 is 5.32 Å². The lowest BCUT2D eigenvalue weighted by Gasteiger charge is -2.32. The molecule has 0 fully saturated rings. The summed E-state index contributed by atoms with van der Waals surface area (Å²) in [4.78, 5) is 28.7. The van der Waals surface area contributed by atoms with E-state index in [-0.39, 0.29) is 35.8 Å². The van der Waals surface area contributed by atoms with Gasteiger partial charge in [0, 0.05) is 35.3 Å². The van der Waals surface area contributed by atoms with Crippen molar-refractivity contribution in [2.45, 2.75) is 38.6 Å². The molecule has 0 bridgehead atoms. The first-order valence-electron chi connectivity index (χ1n) is 12.1. The molecule has 0 aromatic heterocycles. The van der Waals surface area contributed by atoms with Gasteiger partial charge in [-0.15, -0.1) is 11.8 Å². The number of thioether (sulfide) groups is 1. The second-order valence-corrected chi connectivity index (χ2v) is 11.1. The Kier molecular flexibility index (Phi) is 11.3. The summed E-state index contributed by atoms with van der Waals surface area (Å²) in [5.74, 6) is 0.281. The van der Waals surface area contributed by atoms with Gasteiger partial charge in [0.25, 0.3) is 0 Å². The maximum atomic E-state index is 13.6. The van der Waals surface area contributed by atoms with E-state index >= 15 is 0 Å². The molecule has 196 valence electrons. The highest BCUT2D eigenvalue weighted by atomic mass is 35.5. The first kappa shape index (κ1) is 29.0. The Bertz CT molecular complexity index is 1180. The van der Waals surface area contributed by atoms with Gasteiger partial charge in [0.05, 0.1) is 5.75 Å². The molecular weight excluding hydrogens is 530 g/mol. The molecule has 37 heavy (non-hydrogen) atoms. The van der Waals surface area contributed by atoms with Crippen molar-refractivity contribution in [1.29, 1.82) is 0 Å². The summed E-state index contributed by atoms with van der Waals surface area (Å²) in [5.41, 5.74) is 2.57. The topological polar surface area (TPSA) is 49.4 Å². The molecule has 4 nitrogen and oxygen atoms in total. The van der Waals surface area contributed by atoms with E-state index in [1.54, 1.807) is 35.2 Å². The lowest BCUT2D eigenvalue weighted by molar-refractivity contribution is -0.139. The van der Waals surface area contributed by atoms with Crippen molar-refractivity contribution in [3.63, 3.8) is 0 Å². The van der Waals surface area contributed by atoms with Crippen LogP contribution in [0.25, 0.3) is 0 Å². The van der Waals surface area contributed by atoms with Crippen LogP contribution >= 0.6 is 35.0 Å². The van der Waals surface area contributed by atoms with Crippen molar-refractivity contribution in [2.75, 3.05) is 12.3 Å². The highest BCUT2D eigenvalue weighted by Crippen LogP contribution is 2.25. The van der Waals surface area contributed by atoms with E-state index in [4.69, 9.17) is 23.2 Å². The maximum Gasteiger partial charge on any atom is 0.243 e. The van der Waals surface area contributed by atoms with Crippen molar-refractivity contribution >= 4 is 46.8 Å². The molecule has 0 radical (unpaired) electrons. The SMILES string of the molecule is CC(C)CNC(=O)C(Cc1ccccc1)N(Cc1ccc(Cl)cc1Cl)C(=O)CSCc1ccc(F)cc1. The van der Waals surface area contributed by atoms with Crippen LogP contribution in [0, 0.1) is 11.7 Å². The van der Waals surface area contributed by atoms with Gasteiger partial charge in [-0.1, -0.05) is 85.6 Å². The van der Waals surface area contributed by atoms with Gasteiger partial charge in [0.15, 0.2) is 0 Å². The van der Waals surface area contributed by atoms with Gasteiger partial charge in [-0.25, -0.2) is 4.39 Å². The molecule has 0 aliphatic rings. The van der Waals surface area contributed by atoms with E-state index < -0.39 is 6.04 Å². The van der Waals surface area contributed by atoms with Gasteiger partial charge in [-0.2, -0.15) is 0 Å². The number of nitrogens with one attached hydrogen (secondary N) is 1. The molecular formula is C29H31Cl2FN2O2S. The van der Waals surface area contributed by atoms with Crippen molar-refractivity contribution < 1.29 is 14.0 Å². The molecule has 0 spiro atoms. The Morgan fingerprint density at radius 3 is 2.32 bits per heavy atom. The Morgan fingerprint density at radius 2 is 1.68 bits per heavy atom. The maximum absolute atomic E-state index is 13.6. The quantitative estimate of drug-likeness (QED) is 0.265. The molecule has 8 heteroatoms. The molecule has 0 saturated heterocycles. The van der Waals surface area contributed by atoms with Crippen LogP contribution in [0.2, 0.25) is 10.0 Å². The Hall–Kier alpha value is -2.54. The minimum atomic E-state index is -0.730. The minimum Gasteiger partial charge on any atom is -0.354 e. The number of nitrogens with zero attached hydrogens (tertiary/aromatic N) is 1. The Balaban J connectivity index is 1.86. The standard InChI is InChI=1S/C29H31Cl2FN2O2S/c1-20(2)16-33-29(36)27(14-21-6-4-3-5-7-21)34(17-23-10-11-24(30)15-26(23)31)28(35)19-37-18-22-8-12-25(32)13-9-22/h3-13,15,20,27H,14,16-19H2,1-2H3,(H,33,36). The van der Waals surface area contributed by atoms with Crippen LogP contribution in [-0.2, 0) is 28.3 Å².